The summed E-state index contributed by atoms with van der Waals surface area (Å²) in [7, 11) is 0. The van der Waals surface area contributed by atoms with Crippen LogP contribution < -0.4 is 11.5 Å². The second-order valence-corrected chi connectivity index (χ2v) is 3.22. The molecule has 0 radical (unpaired) electrons. The van der Waals surface area contributed by atoms with Gasteiger partial charge in [-0.1, -0.05) is 12.1 Å². The van der Waals surface area contributed by atoms with Crippen LogP contribution in [0.15, 0.2) is 30.5 Å². The molecular formula is C11H9N5. The molecule has 2 rings (SSSR count). The Kier molecular flexibility index (Phi) is 2.40. The van der Waals surface area contributed by atoms with E-state index in [4.69, 9.17) is 16.7 Å². The molecule has 1 aromatic carbocycles. The number of rotatable bonds is 1. The molecule has 0 spiro atoms. The fourth-order valence-electron chi connectivity index (χ4n) is 1.36. The summed E-state index contributed by atoms with van der Waals surface area (Å²) in [6.07, 6.45) is 1.57. The van der Waals surface area contributed by atoms with Crippen LogP contribution in [-0.4, -0.2) is 9.97 Å². The Morgan fingerprint density at radius 2 is 1.81 bits per heavy atom. The van der Waals surface area contributed by atoms with E-state index < -0.39 is 0 Å². The molecule has 2 aromatic rings. The minimum atomic E-state index is 0.148. The van der Waals surface area contributed by atoms with Crippen LogP contribution in [0.5, 0.6) is 0 Å². The molecule has 1 aromatic heterocycles. The quantitative estimate of drug-likeness (QED) is 0.737. The van der Waals surface area contributed by atoms with Crippen LogP contribution >= 0.6 is 0 Å². The number of aromatic nitrogens is 2. The van der Waals surface area contributed by atoms with Gasteiger partial charge < -0.3 is 11.5 Å². The van der Waals surface area contributed by atoms with E-state index >= 15 is 0 Å². The molecule has 0 aliphatic rings. The Morgan fingerprint density at radius 3 is 2.38 bits per heavy atom. The zero-order valence-corrected chi connectivity index (χ0v) is 8.38. The predicted octanol–water partition coefficient (Wildman–Crippen LogP) is 1.18. The highest BCUT2D eigenvalue weighted by atomic mass is 15.0. The van der Waals surface area contributed by atoms with Gasteiger partial charge in [0.15, 0.2) is 0 Å². The van der Waals surface area contributed by atoms with Gasteiger partial charge in [-0.3, -0.25) is 0 Å². The van der Waals surface area contributed by atoms with E-state index in [1.807, 2.05) is 6.07 Å². The summed E-state index contributed by atoms with van der Waals surface area (Å²) in [6, 6.07) is 9.06. The first-order valence-electron chi connectivity index (χ1n) is 4.59. The average Bonchev–Trinajstić information content (AvgIpc) is 2.29. The van der Waals surface area contributed by atoms with Gasteiger partial charge in [-0.05, 0) is 17.7 Å². The Labute approximate surface area is 92.4 Å². The maximum atomic E-state index is 8.67. The van der Waals surface area contributed by atoms with E-state index in [0.717, 1.165) is 5.56 Å². The highest BCUT2D eigenvalue weighted by Gasteiger charge is 2.04. The van der Waals surface area contributed by atoms with Crippen LogP contribution in [0.1, 0.15) is 5.56 Å². The van der Waals surface area contributed by atoms with Gasteiger partial charge in [0.2, 0.25) is 5.95 Å². The highest BCUT2D eigenvalue weighted by Crippen LogP contribution is 2.23. The Hall–Kier alpha value is -2.61. The van der Waals surface area contributed by atoms with Crippen molar-refractivity contribution in [2.75, 3.05) is 11.5 Å². The molecule has 0 amide bonds. The van der Waals surface area contributed by atoms with Crippen LogP contribution in [0.4, 0.5) is 11.8 Å². The van der Waals surface area contributed by atoms with Gasteiger partial charge in [-0.15, -0.1) is 0 Å². The van der Waals surface area contributed by atoms with Crippen molar-refractivity contribution in [1.82, 2.24) is 9.97 Å². The van der Waals surface area contributed by atoms with Gasteiger partial charge in [-0.25, -0.2) is 4.98 Å². The van der Waals surface area contributed by atoms with Crippen molar-refractivity contribution in [1.29, 1.82) is 5.26 Å². The Balaban J connectivity index is 2.47. The number of hydrogen-bond donors (Lipinski definition) is 2. The second-order valence-electron chi connectivity index (χ2n) is 3.22. The zero-order valence-electron chi connectivity index (χ0n) is 8.38. The number of benzene rings is 1. The average molecular weight is 211 g/mol. The van der Waals surface area contributed by atoms with E-state index in [1.54, 1.807) is 30.5 Å². The number of nitrogens with zero attached hydrogens (tertiary/aromatic N) is 3. The molecule has 0 unspecified atom stereocenters. The maximum absolute atomic E-state index is 8.67. The minimum Gasteiger partial charge on any atom is -0.383 e. The summed E-state index contributed by atoms with van der Waals surface area (Å²) in [6.45, 7) is 0. The molecule has 78 valence electrons. The number of anilines is 2. The summed E-state index contributed by atoms with van der Waals surface area (Å²) in [4.78, 5) is 7.75. The Bertz CT molecular complexity index is 554. The molecule has 16 heavy (non-hydrogen) atoms. The van der Waals surface area contributed by atoms with Crippen LogP contribution in [0.2, 0.25) is 0 Å². The molecule has 0 bridgehead atoms. The molecule has 5 heteroatoms. The fraction of sp³-hybridized carbons (Fsp3) is 0. The molecule has 5 nitrogen and oxygen atoms in total. The minimum absolute atomic E-state index is 0.148. The second kappa shape index (κ2) is 3.87. The molecule has 1 heterocycles. The van der Waals surface area contributed by atoms with Crippen molar-refractivity contribution in [3.8, 4) is 17.2 Å². The first kappa shape index (κ1) is 9.93. The van der Waals surface area contributed by atoms with Gasteiger partial charge in [0.1, 0.15) is 5.82 Å². The summed E-state index contributed by atoms with van der Waals surface area (Å²) in [5, 5.41) is 8.67. The molecule has 0 atom stereocenters. The zero-order chi connectivity index (χ0) is 11.5. The molecule has 0 aliphatic heterocycles. The maximum Gasteiger partial charge on any atom is 0.221 e. The summed E-state index contributed by atoms with van der Waals surface area (Å²) in [5.41, 5.74) is 13.3. The standard InChI is InChI=1S/C11H9N5/c12-5-7-1-3-8(4-2-7)9-6-15-11(14)16-10(9)13/h1-4,6H,(H4,13,14,15,16). The van der Waals surface area contributed by atoms with Crippen molar-refractivity contribution in [3.05, 3.63) is 36.0 Å². The predicted molar refractivity (Wildman–Crippen MR) is 61.0 cm³/mol. The lowest BCUT2D eigenvalue weighted by Crippen LogP contribution is -2.00. The third-order valence-corrected chi connectivity index (χ3v) is 2.16. The largest absolute Gasteiger partial charge is 0.383 e. The summed E-state index contributed by atoms with van der Waals surface area (Å²) < 4.78 is 0. The molecule has 0 fully saturated rings. The first-order chi connectivity index (χ1) is 7.70. The highest BCUT2D eigenvalue weighted by molar-refractivity contribution is 5.73. The topological polar surface area (TPSA) is 102 Å². The van der Waals surface area contributed by atoms with Gasteiger partial charge in [-0.2, -0.15) is 10.2 Å². The van der Waals surface area contributed by atoms with Crippen LogP contribution in [0, 0.1) is 11.3 Å². The summed E-state index contributed by atoms with van der Waals surface area (Å²) >= 11 is 0. The van der Waals surface area contributed by atoms with Crippen molar-refractivity contribution in [3.63, 3.8) is 0 Å². The normalized spacial score (nSPS) is 9.69. The van der Waals surface area contributed by atoms with E-state index in [2.05, 4.69) is 9.97 Å². The number of nitrogens with two attached hydrogens (primary N) is 2. The third-order valence-electron chi connectivity index (χ3n) is 2.16. The lowest BCUT2D eigenvalue weighted by Gasteiger charge is -2.04. The smallest absolute Gasteiger partial charge is 0.221 e. The lowest BCUT2D eigenvalue weighted by atomic mass is 10.1. The van der Waals surface area contributed by atoms with E-state index in [1.165, 1.54) is 0 Å². The third kappa shape index (κ3) is 1.77. The fourth-order valence-corrected chi connectivity index (χ4v) is 1.36. The number of hydrogen-bond acceptors (Lipinski definition) is 5. The van der Waals surface area contributed by atoms with E-state index in [-0.39, 0.29) is 5.95 Å². The number of nitrogen functional groups attached to an aromatic ring is 2. The van der Waals surface area contributed by atoms with Crippen molar-refractivity contribution in [2.24, 2.45) is 0 Å². The van der Waals surface area contributed by atoms with Crippen molar-refractivity contribution >= 4 is 11.8 Å². The lowest BCUT2D eigenvalue weighted by molar-refractivity contribution is 1.20. The van der Waals surface area contributed by atoms with Gasteiger partial charge in [0.05, 0.1) is 11.6 Å². The number of nitriles is 1. The SMILES string of the molecule is N#Cc1ccc(-c2cnc(N)nc2N)cc1. The molecule has 0 aliphatic carbocycles. The Morgan fingerprint density at radius 1 is 1.12 bits per heavy atom. The first-order valence-corrected chi connectivity index (χ1v) is 4.59. The summed E-state index contributed by atoms with van der Waals surface area (Å²) in [5.74, 6) is 0.479. The van der Waals surface area contributed by atoms with Crippen LogP contribution in [0.3, 0.4) is 0 Å². The molecular weight excluding hydrogens is 202 g/mol. The molecule has 4 N–H and O–H groups in total. The van der Waals surface area contributed by atoms with E-state index in [0.29, 0.717) is 16.9 Å². The van der Waals surface area contributed by atoms with Gasteiger partial charge >= 0.3 is 0 Å². The van der Waals surface area contributed by atoms with Crippen molar-refractivity contribution in [2.45, 2.75) is 0 Å². The van der Waals surface area contributed by atoms with Crippen LogP contribution in [0.25, 0.3) is 11.1 Å². The monoisotopic (exact) mass is 211 g/mol. The van der Waals surface area contributed by atoms with Crippen LogP contribution in [-0.2, 0) is 0 Å². The van der Waals surface area contributed by atoms with Gasteiger partial charge in [0, 0.05) is 11.8 Å². The van der Waals surface area contributed by atoms with Crippen molar-refractivity contribution < 1.29 is 0 Å². The molecule has 0 saturated heterocycles. The van der Waals surface area contributed by atoms with Gasteiger partial charge in [0.25, 0.3) is 0 Å². The van der Waals surface area contributed by atoms with E-state index in [9.17, 15) is 0 Å². The molecule has 0 saturated carbocycles.